The maximum absolute atomic E-state index is 12.6. The molecule has 0 radical (unpaired) electrons. The van der Waals surface area contributed by atoms with Gasteiger partial charge in [-0.05, 0) is 69.4 Å². The van der Waals surface area contributed by atoms with Crippen molar-refractivity contribution >= 4 is 22.8 Å². The van der Waals surface area contributed by atoms with Crippen LogP contribution in [0.5, 0.6) is 11.6 Å². The molecule has 2 atom stereocenters. The lowest BCUT2D eigenvalue weighted by atomic mass is 9.99. The van der Waals surface area contributed by atoms with Gasteiger partial charge >= 0.3 is 0 Å². The average Bonchev–Trinajstić information content (AvgIpc) is 3.27. The van der Waals surface area contributed by atoms with Gasteiger partial charge in [0, 0.05) is 30.4 Å². The smallest absolute Gasteiger partial charge is 0.298 e. The van der Waals surface area contributed by atoms with E-state index >= 15 is 0 Å². The molecule has 4 heterocycles. The molecule has 0 bridgehead atoms. The molecule has 9 nitrogen and oxygen atoms in total. The maximum atomic E-state index is 12.6. The van der Waals surface area contributed by atoms with Crippen molar-refractivity contribution in [1.82, 2.24) is 29.6 Å². The Morgan fingerprint density at radius 1 is 1.11 bits per heavy atom. The Bertz CT molecular complexity index is 1470. The quantitative estimate of drug-likeness (QED) is 0.436. The molecule has 1 aliphatic rings. The van der Waals surface area contributed by atoms with E-state index in [1.54, 1.807) is 13.1 Å². The van der Waals surface area contributed by atoms with Crippen molar-refractivity contribution in [2.45, 2.75) is 45.7 Å². The molecule has 0 spiro atoms. The lowest BCUT2D eigenvalue weighted by Crippen LogP contribution is -2.45. The van der Waals surface area contributed by atoms with Crippen molar-refractivity contribution in [1.29, 1.82) is 0 Å². The summed E-state index contributed by atoms with van der Waals surface area (Å²) in [5.41, 5.74) is 9.56. The second kappa shape index (κ2) is 9.66. The Labute approximate surface area is 209 Å². The molecule has 0 unspecified atom stereocenters. The molecular formula is C27H27N7O2. The number of nitrogens with zero attached hydrogens (tertiary/aromatic N) is 6. The fourth-order valence-corrected chi connectivity index (χ4v) is 4.52. The monoisotopic (exact) mass is 481 g/mol. The summed E-state index contributed by atoms with van der Waals surface area (Å²) in [6, 6.07) is 11.4. The molecule has 1 amide bonds. The van der Waals surface area contributed by atoms with Crippen LogP contribution >= 0.6 is 0 Å². The third-order valence-electron chi connectivity index (χ3n) is 6.45. The van der Waals surface area contributed by atoms with Crippen LogP contribution in [0.1, 0.15) is 38.3 Å². The van der Waals surface area contributed by atoms with Crippen molar-refractivity contribution in [3.05, 3.63) is 54.5 Å². The fourth-order valence-electron chi connectivity index (χ4n) is 4.52. The van der Waals surface area contributed by atoms with Gasteiger partial charge in [-0.3, -0.25) is 4.79 Å². The number of carbonyl (C=O) groups excluding carboxylic acids is 1. The van der Waals surface area contributed by atoms with Crippen molar-refractivity contribution in [2.75, 3.05) is 12.3 Å². The number of likely N-dealkylation sites (tertiary alicyclic amines) is 1. The Morgan fingerprint density at radius 3 is 2.64 bits per heavy atom. The van der Waals surface area contributed by atoms with Gasteiger partial charge in [0.05, 0.1) is 11.4 Å². The van der Waals surface area contributed by atoms with Gasteiger partial charge < -0.3 is 15.4 Å². The van der Waals surface area contributed by atoms with E-state index in [2.05, 4.69) is 26.8 Å². The van der Waals surface area contributed by atoms with Crippen LogP contribution in [0.25, 0.3) is 22.3 Å². The first kappa shape index (κ1) is 23.3. The number of amides is 1. The minimum atomic E-state index is -0.167. The Morgan fingerprint density at radius 2 is 1.92 bits per heavy atom. The van der Waals surface area contributed by atoms with Crippen LogP contribution in [0.4, 0.5) is 5.82 Å². The molecule has 1 saturated heterocycles. The standard InChI is InChI=1S/C27H27N7O2/c1-4-5-23(35)33-15-20(10-7-18(33)3)34-27-24(26(28)30-16-31-27)25(32-34)19-8-11-21(12-9-19)36-22-13-6-17(2)14-29-22/h6,8-9,11-14,16,18,20H,7,10,15H2,1-3H3,(H2,28,30,31)/t18-,20+/m0/s1. The third-order valence-corrected chi connectivity index (χ3v) is 6.45. The van der Waals surface area contributed by atoms with Crippen molar-refractivity contribution in [2.24, 2.45) is 0 Å². The van der Waals surface area contributed by atoms with E-state index < -0.39 is 0 Å². The number of fused-ring (bicyclic) bond motifs is 1. The summed E-state index contributed by atoms with van der Waals surface area (Å²) in [5.74, 6) is 6.76. The number of rotatable bonds is 4. The van der Waals surface area contributed by atoms with Crippen LogP contribution < -0.4 is 10.5 Å². The first-order valence-corrected chi connectivity index (χ1v) is 11.9. The van der Waals surface area contributed by atoms with Crippen molar-refractivity contribution in [3.63, 3.8) is 0 Å². The van der Waals surface area contributed by atoms with Crippen molar-refractivity contribution in [3.8, 4) is 34.7 Å². The summed E-state index contributed by atoms with van der Waals surface area (Å²) in [6.45, 7) is 6.21. The van der Waals surface area contributed by atoms with Gasteiger partial charge in [0.25, 0.3) is 5.91 Å². The molecule has 2 N–H and O–H groups in total. The topological polar surface area (TPSA) is 112 Å². The molecule has 0 saturated carbocycles. The minimum Gasteiger partial charge on any atom is -0.439 e. The number of aryl methyl sites for hydroxylation is 1. The molecule has 1 aliphatic heterocycles. The Kier molecular flexibility index (Phi) is 6.25. The van der Waals surface area contributed by atoms with E-state index in [4.69, 9.17) is 15.6 Å². The molecular weight excluding hydrogens is 454 g/mol. The SMILES string of the molecule is CC#CC(=O)N1C[C@H](n2nc(-c3ccc(Oc4ccc(C)cn4)cc3)c3c(N)ncnc32)CC[C@@H]1C. The highest BCUT2D eigenvalue weighted by atomic mass is 16.5. The molecule has 9 heteroatoms. The van der Waals surface area contributed by atoms with Gasteiger partial charge in [-0.15, -0.1) is 0 Å². The highest BCUT2D eigenvalue weighted by molar-refractivity contribution is 5.98. The van der Waals surface area contributed by atoms with E-state index in [1.807, 2.05) is 59.8 Å². The predicted molar refractivity (Wildman–Crippen MR) is 137 cm³/mol. The average molecular weight is 482 g/mol. The van der Waals surface area contributed by atoms with Gasteiger partial charge in [0.15, 0.2) is 5.65 Å². The van der Waals surface area contributed by atoms with E-state index in [0.717, 1.165) is 24.0 Å². The molecule has 4 aromatic rings. The summed E-state index contributed by atoms with van der Waals surface area (Å²) < 4.78 is 7.75. The van der Waals surface area contributed by atoms with Crippen LogP contribution in [0.3, 0.4) is 0 Å². The maximum Gasteiger partial charge on any atom is 0.298 e. The number of benzene rings is 1. The van der Waals surface area contributed by atoms with Crippen molar-refractivity contribution < 1.29 is 9.53 Å². The zero-order valence-electron chi connectivity index (χ0n) is 20.5. The normalized spacial score (nSPS) is 17.5. The number of aromatic nitrogens is 5. The first-order valence-electron chi connectivity index (χ1n) is 11.9. The van der Waals surface area contributed by atoms with E-state index in [-0.39, 0.29) is 18.0 Å². The summed E-state index contributed by atoms with van der Waals surface area (Å²) in [6.07, 6.45) is 4.92. The first-order chi connectivity index (χ1) is 17.4. The Balaban J connectivity index is 1.48. The van der Waals surface area contributed by atoms with Crippen LogP contribution in [0, 0.1) is 18.8 Å². The molecule has 36 heavy (non-hydrogen) atoms. The number of hydrogen-bond donors (Lipinski definition) is 1. The fraction of sp³-hybridized carbons (Fsp3) is 0.296. The zero-order chi connectivity index (χ0) is 25.2. The van der Waals surface area contributed by atoms with Crippen LogP contribution in [-0.4, -0.2) is 48.1 Å². The summed E-state index contributed by atoms with van der Waals surface area (Å²) in [7, 11) is 0. The Hall–Kier alpha value is -4.45. The lowest BCUT2D eigenvalue weighted by molar-refractivity contribution is -0.129. The molecule has 1 aromatic carbocycles. The highest BCUT2D eigenvalue weighted by Gasteiger charge is 2.32. The van der Waals surface area contributed by atoms with E-state index in [9.17, 15) is 4.79 Å². The molecule has 1 fully saturated rings. The molecule has 0 aliphatic carbocycles. The van der Waals surface area contributed by atoms with Crippen LogP contribution in [0.15, 0.2) is 48.9 Å². The lowest BCUT2D eigenvalue weighted by Gasteiger charge is -2.37. The van der Waals surface area contributed by atoms with E-state index in [1.165, 1.54) is 6.33 Å². The molecule has 182 valence electrons. The second-order valence-electron chi connectivity index (χ2n) is 8.96. The minimum absolute atomic E-state index is 0.0513. The largest absolute Gasteiger partial charge is 0.439 e. The summed E-state index contributed by atoms with van der Waals surface area (Å²) >= 11 is 0. The number of carbonyl (C=O) groups is 1. The number of anilines is 1. The number of nitrogen functional groups attached to an aromatic ring is 1. The number of piperidine rings is 1. The molecule has 5 rings (SSSR count). The second-order valence-corrected chi connectivity index (χ2v) is 8.96. The van der Waals surface area contributed by atoms with Gasteiger partial charge in [0.1, 0.15) is 23.6 Å². The third kappa shape index (κ3) is 4.45. The number of pyridine rings is 1. The van der Waals surface area contributed by atoms with Crippen LogP contribution in [-0.2, 0) is 4.79 Å². The molecule has 3 aromatic heterocycles. The number of hydrogen-bond acceptors (Lipinski definition) is 7. The highest BCUT2D eigenvalue weighted by Crippen LogP contribution is 2.35. The van der Waals surface area contributed by atoms with Gasteiger partial charge in [-0.2, -0.15) is 5.10 Å². The van der Waals surface area contributed by atoms with Gasteiger partial charge in [-0.1, -0.05) is 12.0 Å². The van der Waals surface area contributed by atoms with Gasteiger partial charge in [-0.25, -0.2) is 19.6 Å². The zero-order valence-corrected chi connectivity index (χ0v) is 20.5. The van der Waals surface area contributed by atoms with Gasteiger partial charge in [0.2, 0.25) is 5.88 Å². The van der Waals surface area contributed by atoms with E-state index in [0.29, 0.717) is 40.7 Å². The number of nitrogens with two attached hydrogens (primary N) is 1. The van der Waals surface area contributed by atoms with Crippen LogP contribution in [0.2, 0.25) is 0 Å². The summed E-state index contributed by atoms with van der Waals surface area (Å²) in [4.78, 5) is 27.4. The summed E-state index contributed by atoms with van der Waals surface area (Å²) in [5, 5.41) is 5.63. The predicted octanol–water partition coefficient (Wildman–Crippen LogP) is 4.15. The number of ether oxygens (including phenoxy) is 1.